The van der Waals surface area contributed by atoms with Crippen LogP contribution in [0.15, 0.2) is 54.9 Å². The Bertz CT molecular complexity index is 766. The first-order chi connectivity index (χ1) is 10.3. The van der Waals surface area contributed by atoms with Gasteiger partial charge in [0, 0.05) is 12.4 Å². The Hall–Kier alpha value is -2.82. The van der Waals surface area contributed by atoms with Crippen LogP contribution in [0.3, 0.4) is 0 Å². The molecule has 0 aliphatic heterocycles. The normalized spacial score (nSPS) is 10.7. The van der Waals surface area contributed by atoms with Crippen molar-refractivity contribution in [2.24, 2.45) is 0 Å². The van der Waals surface area contributed by atoms with Crippen LogP contribution in [-0.4, -0.2) is 27.5 Å². The lowest BCUT2D eigenvalue weighted by atomic mass is 10.0. The Labute approximate surface area is 121 Å². The highest BCUT2D eigenvalue weighted by atomic mass is 16.5. The van der Waals surface area contributed by atoms with E-state index in [-0.39, 0.29) is 5.56 Å². The van der Waals surface area contributed by atoms with Crippen LogP contribution in [0.25, 0.3) is 10.8 Å². The zero-order chi connectivity index (χ0) is 14.7. The molecule has 3 aromatic rings. The van der Waals surface area contributed by atoms with E-state index < -0.39 is 5.97 Å². The Morgan fingerprint density at radius 3 is 2.81 bits per heavy atom. The average molecular weight is 282 g/mol. The van der Waals surface area contributed by atoms with Crippen LogP contribution >= 0.6 is 0 Å². The monoisotopic (exact) mass is 282 g/mol. The van der Waals surface area contributed by atoms with Gasteiger partial charge < -0.3 is 9.84 Å². The van der Waals surface area contributed by atoms with Gasteiger partial charge in [0.25, 0.3) is 0 Å². The fourth-order valence-corrected chi connectivity index (χ4v) is 2.27. The van der Waals surface area contributed by atoms with Crippen LogP contribution in [0, 0.1) is 0 Å². The van der Waals surface area contributed by atoms with E-state index in [1.54, 1.807) is 23.0 Å². The summed E-state index contributed by atoms with van der Waals surface area (Å²) in [6, 6.07) is 12.8. The maximum absolute atomic E-state index is 11.5. The molecule has 0 amide bonds. The molecule has 106 valence electrons. The first-order valence-electron chi connectivity index (χ1n) is 6.61. The van der Waals surface area contributed by atoms with E-state index in [9.17, 15) is 9.90 Å². The van der Waals surface area contributed by atoms with Gasteiger partial charge in [-0.2, -0.15) is 5.10 Å². The molecule has 0 saturated carbocycles. The predicted molar refractivity (Wildman–Crippen MR) is 78.6 cm³/mol. The second kappa shape index (κ2) is 5.66. The van der Waals surface area contributed by atoms with Gasteiger partial charge in [-0.25, -0.2) is 4.79 Å². The number of carbonyl (C=O) groups is 1. The number of ether oxygens (including phenoxy) is 1. The van der Waals surface area contributed by atoms with E-state index in [1.807, 2.05) is 36.5 Å². The van der Waals surface area contributed by atoms with Crippen LogP contribution in [0.1, 0.15) is 10.4 Å². The van der Waals surface area contributed by atoms with E-state index in [0.29, 0.717) is 24.3 Å². The van der Waals surface area contributed by atoms with Gasteiger partial charge in [-0.3, -0.25) is 4.68 Å². The summed E-state index contributed by atoms with van der Waals surface area (Å²) in [5, 5.41) is 15.1. The van der Waals surface area contributed by atoms with Crippen LogP contribution < -0.4 is 4.74 Å². The zero-order valence-corrected chi connectivity index (χ0v) is 11.3. The van der Waals surface area contributed by atoms with E-state index in [2.05, 4.69) is 5.10 Å². The van der Waals surface area contributed by atoms with Crippen molar-refractivity contribution in [3.63, 3.8) is 0 Å². The van der Waals surface area contributed by atoms with Gasteiger partial charge in [0.2, 0.25) is 0 Å². The standard InChI is InChI=1S/C16H14N2O3/c19-16(20)15-13-5-2-1-4-12(13)6-7-14(15)21-11-10-18-9-3-8-17-18/h1-9H,10-11H2,(H,19,20). The molecule has 5 heteroatoms. The second-order valence-electron chi connectivity index (χ2n) is 4.58. The molecule has 0 fully saturated rings. The molecule has 0 unspecified atom stereocenters. The minimum absolute atomic E-state index is 0.202. The Morgan fingerprint density at radius 1 is 1.19 bits per heavy atom. The number of hydrogen-bond acceptors (Lipinski definition) is 3. The van der Waals surface area contributed by atoms with Crippen molar-refractivity contribution in [3.05, 3.63) is 60.4 Å². The van der Waals surface area contributed by atoms with Gasteiger partial charge in [0.1, 0.15) is 17.9 Å². The third kappa shape index (κ3) is 2.72. The first-order valence-corrected chi connectivity index (χ1v) is 6.61. The smallest absolute Gasteiger partial charge is 0.340 e. The van der Waals surface area contributed by atoms with E-state index in [4.69, 9.17) is 4.74 Å². The number of nitrogens with zero attached hydrogens (tertiary/aromatic N) is 2. The van der Waals surface area contributed by atoms with Crippen molar-refractivity contribution in [2.45, 2.75) is 6.54 Å². The summed E-state index contributed by atoms with van der Waals surface area (Å²) in [7, 11) is 0. The number of aromatic carboxylic acids is 1. The van der Waals surface area contributed by atoms with Crippen molar-refractivity contribution < 1.29 is 14.6 Å². The molecule has 0 radical (unpaired) electrons. The molecule has 3 rings (SSSR count). The first kappa shape index (κ1) is 13.2. The molecule has 0 atom stereocenters. The molecule has 1 heterocycles. The van der Waals surface area contributed by atoms with E-state index >= 15 is 0 Å². The number of fused-ring (bicyclic) bond motifs is 1. The summed E-state index contributed by atoms with van der Waals surface area (Å²) >= 11 is 0. The van der Waals surface area contributed by atoms with Crippen molar-refractivity contribution in [1.29, 1.82) is 0 Å². The Kier molecular flexibility index (Phi) is 3.55. The van der Waals surface area contributed by atoms with Crippen molar-refractivity contribution in [3.8, 4) is 5.75 Å². The predicted octanol–water partition coefficient (Wildman–Crippen LogP) is 2.81. The van der Waals surface area contributed by atoms with Gasteiger partial charge in [-0.1, -0.05) is 30.3 Å². The fourth-order valence-electron chi connectivity index (χ4n) is 2.27. The molecule has 21 heavy (non-hydrogen) atoms. The molecular weight excluding hydrogens is 268 g/mol. The van der Waals surface area contributed by atoms with E-state index in [0.717, 1.165) is 5.39 Å². The molecule has 1 aromatic heterocycles. The fraction of sp³-hybridized carbons (Fsp3) is 0.125. The quantitative estimate of drug-likeness (QED) is 0.781. The van der Waals surface area contributed by atoms with Crippen LogP contribution in [0.2, 0.25) is 0 Å². The maximum Gasteiger partial charge on any atom is 0.340 e. The lowest BCUT2D eigenvalue weighted by molar-refractivity contribution is 0.0694. The number of benzene rings is 2. The third-order valence-electron chi connectivity index (χ3n) is 3.24. The van der Waals surface area contributed by atoms with Gasteiger partial charge >= 0.3 is 5.97 Å². The van der Waals surface area contributed by atoms with Crippen molar-refractivity contribution in [1.82, 2.24) is 9.78 Å². The lowest BCUT2D eigenvalue weighted by Gasteiger charge is -2.11. The third-order valence-corrected chi connectivity index (χ3v) is 3.24. The van der Waals surface area contributed by atoms with Crippen LogP contribution in [0.5, 0.6) is 5.75 Å². The summed E-state index contributed by atoms with van der Waals surface area (Å²) in [6.07, 6.45) is 3.53. The number of aromatic nitrogens is 2. The largest absolute Gasteiger partial charge is 0.491 e. The number of rotatable bonds is 5. The lowest BCUT2D eigenvalue weighted by Crippen LogP contribution is -2.11. The molecule has 1 N–H and O–H groups in total. The molecule has 0 saturated heterocycles. The number of carboxylic acid groups (broad SMARTS) is 1. The minimum atomic E-state index is -0.985. The SMILES string of the molecule is O=C(O)c1c(OCCn2cccn2)ccc2ccccc12. The molecular formula is C16H14N2O3. The summed E-state index contributed by atoms with van der Waals surface area (Å²) in [6.45, 7) is 0.930. The summed E-state index contributed by atoms with van der Waals surface area (Å²) in [4.78, 5) is 11.5. The number of hydrogen-bond donors (Lipinski definition) is 1. The topological polar surface area (TPSA) is 64.3 Å². The highest BCUT2D eigenvalue weighted by molar-refractivity contribution is 6.06. The molecule has 0 aliphatic carbocycles. The van der Waals surface area contributed by atoms with Gasteiger partial charge in [0.05, 0.1) is 6.54 Å². The molecule has 0 bridgehead atoms. The van der Waals surface area contributed by atoms with Crippen LogP contribution in [-0.2, 0) is 6.54 Å². The van der Waals surface area contributed by atoms with Gasteiger partial charge in [-0.15, -0.1) is 0 Å². The summed E-state index contributed by atoms with van der Waals surface area (Å²) < 4.78 is 7.38. The minimum Gasteiger partial charge on any atom is -0.491 e. The maximum atomic E-state index is 11.5. The zero-order valence-electron chi connectivity index (χ0n) is 11.3. The second-order valence-corrected chi connectivity index (χ2v) is 4.58. The average Bonchev–Trinajstić information content (AvgIpc) is 3.00. The van der Waals surface area contributed by atoms with Gasteiger partial charge in [0.15, 0.2) is 0 Å². The summed E-state index contributed by atoms with van der Waals surface area (Å²) in [5.41, 5.74) is 0.202. The Balaban J connectivity index is 1.87. The summed E-state index contributed by atoms with van der Waals surface area (Å²) in [5.74, 6) is -0.603. The van der Waals surface area contributed by atoms with Crippen molar-refractivity contribution in [2.75, 3.05) is 6.61 Å². The van der Waals surface area contributed by atoms with E-state index in [1.165, 1.54) is 0 Å². The molecule has 0 spiro atoms. The highest BCUT2D eigenvalue weighted by Crippen LogP contribution is 2.28. The molecule has 0 aliphatic rings. The number of carboxylic acids is 1. The molecule has 5 nitrogen and oxygen atoms in total. The van der Waals surface area contributed by atoms with Gasteiger partial charge in [-0.05, 0) is 22.9 Å². The van der Waals surface area contributed by atoms with Crippen molar-refractivity contribution >= 4 is 16.7 Å². The highest BCUT2D eigenvalue weighted by Gasteiger charge is 2.15. The van der Waals surface area contributed by atoms with Crippen LogP contribution in [0.4, 0.5) is 0 Å². The molecule has 2 aromatic carbocycles. The Morgan fingerprint density at radius 2 is 2.05 bits per heavy atom.